The summed E-state index contributed by atoms with van der Waals surface area (Å²) >= 11 is 0. The van der Waals surface area contributed by atoms with E-state index in [0.717, 1.165) is 0 Å². The number of hydrogen-bond acceptors (Lipinski definition) is 5. The Labute approximate surface area is 148 Å². The zero-order chi connectivity index (χ0) is 18.9. The van der Waals surface area contributed by atoms with Crippen LogP contribution < -0.4 is 10.7 Å². The van der Waals surface area contributed by atoms with E-state index in [2.05, 4.69) is 10.4 Å². The van der Waals surface area contributed by atoms with Crippen LogP contribution in [0.15, 0.2) is 53.6 Å². The molecule has 0 heterocycles. The lowest BCUT2D eigenvalue weighted by molar-refractivity contribution is -0.136. The van der Waals surface area contributed by atoms with E-state index >= 15 is 0 Å². The number of nitrogens with one attached hydrogen (secondary N) is 2. The molecule has 2 amide bonds. The number of rotatable bonds is 5. The van der Waals surface area contributed by atoms with Crippen molar-refractivity contribution in [3.63, 3.8) is 0 Å². The van der Waals surface area contributed by atoms with E-state index in [0.29, 0.717) is 16.8 Å². The van der Waals surface area contributed by atoms with Crippen molar-refractivity contribution in [2.75, 3.05) is 11.9 Å². The summed E-state index contributed by atoms with van der Waals surface area (Å²) in [7, 11) is 0. The van der Waals surface area contributed by atoms with Crippen LogP contribution in [0.2, 0.25) is 0 Å². The monoisotopic (exact) mass is 357 g/mol. The van der Waals surface area contributed by atoms with Crippen molar-refractivity contribution in [1.29, 1.82) is 0 Å². The van der Waals surface area contributed by atoms with E-state index in [1.54, 1.807) is 13.0 Å². The van der Waals surface area contributed by atoms with E-state index in [1.165, 1.54) is 48.7 Å². The van der Waals surface area contributed by atoms with E-state index in [-0.39, 0.29) is 6.61 Å². The van der Waals surface area contributed by atoms with Crippen LogP contribution in [-0.4, -0.2) is 30.6 Å². The van der Waals surface area contributed by atoms with E-state index in [9.17, 15) is 18.8 Å². The van der Waals surface area contributed by atoms with Gasteiger partial charge in [0, 0.05) is 5.69 Å². The van der Waals surface area contributed by atoms with Gasteiger partial charge in [-0.2, -0.15) is 5.10 Å². The standard InChI is InChI=1S/C18H16FN3O4/c1-2-26-18(25)13-6-8-15(9-7-13)21-16(23)17(24)22-20-11-12-4-3-5-14(19)10-12/h3-11H,2H2,1H3,(H,21,23)(H,22,24)/b20-11-. The molecular weight excluding hydrogens is 341 g/mol. The van der Waals surface area contributed by atoms with Crippen molar-refractivity contribution >= 4 is 29.7 Å². The largest absolute Gasteiger partial charge is 0.462 e. The average Bonchev–Trinajstić information content (AvgIpc) is 2.62. The summed E-state index contributed by atoms with van der Waals surface area (Å²) in [6, 6.07) is 11.4. The number of hydrogen-bond donors (Lipinski definition) is 2. The number of carbonyl (C=O) groups excluding carboxylic acids is 3. The van der Waals surface area contributed by atoms with E-state index in [1.807, 2.05) is 5.43 Å². The number of ether oxygens (including phenoxy) is 1. The molecule has 0 spiro atoms. The molecule has 0 fully saturated rings. The SMILES string of the molecule is CCOC(=O)c1ccc(NC(=O)C(=O)N/N=C\c2cccc(F)c2)cc1. The summed E-state index contributed by atoms with van der Waals surface area (Å²) < 4.78 is 17.8. The molecule has 0 aliphatic heterocycles. The molecule has 0 aliphatic carbocycles. The lowest BCUT2D eigenvalue weighted by Gasteiger charge is -2.05. The van der Waals surface area contributed by atoms with Gasteiger partial charge >= 0.3 is 17.8 Å². The highest BCUT2D eigenvalue weighted by Gasteiger charge is 2.13. The Kier molecular flexibility index (Phi) is 6.55. The predicted octanol–water partition coefficient (Wildman–Crippen LogP) is 2.09. The summed E-state index contributed by atoms with van der Waals surface area (Å²) in [6.45, 7) is 1.95. The smallest absolute Gasteiger partial charge is 0.338 e. The lowest BCUT2D eigenvalue weighted by atomic mass is 10.2. The van der Waals surface area contributed by atoms with Gasteiger partial charge in [0.15, 0.2) is 0 Å². The van der Waals surface area contributed by atoms with Crippen molar-refractivity contribution < 1.29 is 23.5 Å². The second-order valence-electron chi connectivity index (χ2n) is 5.01. The quantitative estimate of drug-likeness (QED) is 0.371. The molecule has 0 saturated heterocycles. The van der Waals surface area contributed by atoms with E-state index in [4.69, 9.17) is 4.74 Å². The van der Waals surface area contributed by atoms with Gasteiger partial charge in [-0.05, 0) is 48.9 Å². The molecule has 8 heteroatoms. The molecule has 0 atom stereocenters. The Hall–Kier alpha value is -3.55. The Morgan fingerprint density at radius 1 is 1.12 bits per heavy atom. The maximum atomic E-state index is 13.0. The lowest BCUT2D eigenvalue weighted by Crippen LogP contribution is -2.32. The van der Waals surface area contributed by atoms with Gasteiger partial charge in [-0.1, -0.05) is 12.1 Å². The molecule has 2 N–H and O–H groups in total. The number of esters is 1. The molecule has 26 heavy (non-hydrogen) atoms. The molecule has 0 aromatic heterocycles. The number of amides is 2. The van der Waals surface area contributed by atoms with Crippen LogP contribution in [0.3, 0.4) is 0 Å². The minimum Gasteiger partial charge on any atom is -0.462 e. The highest BCUT2D eigenvalue weighted by molar-refractivity contribution is 6.39. The van der Waals surface area contributed by atoms with Gasteiger partial charge in [0.2, 0.25) is 0 Å². The van der Waals surface area contributed by atoms with Gasteiger partial charge in [0.25, 0.3) is 0 Å². The van der Waals surface area contributed by atoms with Crippen molar-refractivity contribution in [1.82, 2.24) is 5.43 Å². The third-order valence-electron chi connectivity index (χ3n) is 3.09. The topological polar surface area (TPSA) is 96.9 Å². The minimum atomic E-state index is -0.993. The number of halogens is 1. The first-order chi connectivity index (χ1) is 12.5. The molecule has 0 aliphatic rings. The molecule has 7 nitrogen and oxygen atoms in total. The van der Waals surface area contributed by atoms with Crippen molar-refractivity contribution in [2.45, 2.75) is 6.92 Å². The first kappa shape index (κ1) is 18.8. The Balaban J connectivity index is 1.88. The molecule has 2 aromatic carbocycles. The summed E-state index contributed by atoms with van der Waals surface area (Å²) in [5.41, 5.74) is 3.12. The highest BCUT2D eigenvalue weighted by atomic mass is 19.1. The van der Waals surface area contributed by atoms with Gasteiger partial charge in [0.1, 0.15) is 5.82 Å². The van der Waals surface area contributed by atoms with Crippen LogP contribution >= 0.6 is 0 Å². The van der Waals surface area contributed by atoms with Gasteiger partial charge in [-0.25, -0.2) is 14.6 Å². The van der Waals surface area contributed by atoms with Crippen molar-refractivity contribution in [2.24, 2.45) is 5.10 Å². The Morgan fingerprint density at radius 2 is 1.85 bits per heavy atom. The Morgan fingerprint density at radius 3 is 2.50 bits per heavy atom. The summed E-state index contributed by atoms with van der Waals surface area (Å²) in [5, 5.41) is 5.95. The number of benzene rings is 2. The first-order valence-corrected chi connectivity index (χ1v) is 7.66. The average molecular weight is 357 g/mol. The number of hydrazone groups is 1. The second-order valence-corrected chi connectivity index (χ2v) is 5.01. The van der Waals surface area contributed by atoms with E-state index < -0.39 is 23.6 Å². The summed E-state index contributed by atoms with van der Waals surface area (Å²) in [4.78, 5) is 35.0. The number of carbonyl (C=O) groups is 3. The van der Waals surface area contributed by atoms with Crippen LogP contribution in [0, 0.1) is 5.82 Å². The molecule has 0 radical (unpaired) electrons. The van der Waals surface area contributed by atoms with Crippen LogP contribution in [0.1, 0.15) is 22.8 Å². The predicted molar refractivity (Wildman–Crippen MR) is 93.2 cm³/mol. The highest BCUT2D eigenvalue weighted by Crippen LogP contribution is 2.10. The first-order valence-electron chi connectivity index (χ1n) is 7.66. The van der Waals surface area contributed by atoms with Crippen molar-refractivity contribution in [3.05, 3.63) is 65.5 Å². The van der Waals surface area contributed by atoms with Crippen molar-refractivity contribution in [3.8, 4) is 0 Å². The van der Waals surface area contributed by atoms with Crippen LogP contribution in [-0.2, 0) is 14.3 Å². The number of nitrogens with zero attached hydrogens (tertiary/aromatic N) is 1. The molecule has 0 unspecified atom stereocenters. The molecule has 134 valence electrons. The van der Waals surface area contributed by atoms with Gasteiger partial charge in [0.05, 0.1) is 18.4 Å². The van der Waals surface area contributed by atoms with Gasteiger partial charge in [-0.3, -0.25) is 9.59 Å². The molecule has 2 aromatic rings. The summed E-state index contributed by atoms with van der Waals surface area (Å²) in [5.74, 6) is -2.85. The minimum absolute atomic E-state index is 0.258. The summed E-state index contributed by atoms with van der Waals surface area (Å²) in [6.07, 6.45) is 1.21. The van der Waals surface area contributed by atoms with Gasteiger partial charge < -0.3 is 10.1 Å². The number of anilines is 1. The maximum absolute atomic E-state index is 13.0. The third-order valence-corrected chi connectivity index (χ3v) is 3.09. The van der Waals surface area contributed by atoms with Crippen LogP contribution in [0.25, 0.3) is 0 Å². The fraction of sp³-hybridized carbons (Fsp3) is 0.111. The fourth-order valence-corrected chi connectivity index (χ4v) is 1.90. The molecular formula is C18H16FN3O4. The Bertz CT molecular complexity index is 835. The second kappa shape index (κ2) is 9.07. The van der Waals surface area contributed by atoms with Gasteiger partial charge in [-0.15, -0.1) is 0 Å². The van der Waals surface area contributed by atoms with Crippen LogP contribution in [0.4, 0.5) is 10.1 Å². The third kappa shape index (κ3) is 5.52. The maximum Gasteiger partial charge on any atom is 0.338 e. The molecule has 0 saturated carbocycles. The van der Waals surface area contributed by atoms with Crippen LogP contribution in [0.5, 0.6) is 0 Å². The molecule has 0 bridgehead atoms. The zero-order valence-corrected chi connectivity index (χ0v) is 13.9. The molecule has 2 rings (SSSR count). The zero-order valence-electron chi connectivity index (χ0n) is 13.9. The normalized spacial score (nSPS) is 10.4. The fourth-order valence-electron chi connectivity index (χ4n) is 1.90.